The molecule has 3 N–H and O–H groups in total. The van der Waals surface area contributed by atoms with E-state index in [1.807, 2.05) is 6.07 Å². The molecule has 7 nitrogen and oxygen atoms in total. The molecule has 0 saturated carbocycles. The standard InChI is InChI=1S/C22H24FN5O2/c1-11-19(22(30)28-17-6-7-26-18(10-25)20(11)17)12(2)21(29)27-13(3)15-5-4-14(9-24)8-16(15)23/h4-5,8,12-13,17-18,20,26H,6-7H2,1-3H3,(H,27,29)(H,28,30)/t12-,13+,17?,18?,20?/m0/s1. The molecule has 0 radical (unpaired) electrons. The second-order valence-corrected chi connectivity index (χ2v) is 7.85. The predicted octanol–water partition coefficient (Wildman–Crippen LogP) is 1.83. The fraction of sp³-hybridized carbons (Fsp3) is 0.455. The monoisotopic (exact) mass is 409 g/mol. The van der Waals surface area contributed by atoms with Gasteiger partial charge in [0.05, 0.1) is 29.7 Å². The normalized spacial score (nSPS) is 25.3. The van der Waals surface area contributed by atoms with Crippen molar-refractivity contribution >= 4 is 11.8 Å². The number of piperidine rings is 1. The van der Waals surface area contributed by atoms with Gasteiger partial charge in [-0.15, -0.1) is 0 Å². The largest absolute Gasteiger partial charge is 0.349 e. The summed E-state index contributed by atoms with van der Waals surface area (Å²) < 4.78 is 14.3. The molecule has 156 valence electrons. The van der Waals surface area contributed by atoms with Gasteiger partial charge < -0.3 is 16.0 Å². The maximum Gasteiger partial charge on any atom is 0.248 e. The molecule has 2 heterocycles. The number of nitrogens with zero attached hydrogens (tertiary/aromatic N) is 2. The molecule has 1 aromatic carbocycles. The molecule has 2 amide bonds. The number of benzene rings is 1. The Labute approximate surface area is 174 Å². The van der Waals surface area contributed by atoms with Crippen LogP contribution in [0.25, 0.3) is 0 Å². The first kappa shape index (κ1) is 21.5. The highest BCUT2D eigenvalue weighted by Crippen LogP contribution is 2.34. The van der Waals surface area contributed by atoms with E-state index >= 15 is 0 Å². The van der Waals surface area contributed by atoms with E-state index in [0.717, 1.165) is 18.1 Å². The molecule has 5 atom stereocenters. The van der Waals surface area contributed by atoms with E-state index < -0.39 is 29.7 Å². The summed E-state index contributed by atoms with van der Waals surface area (Å²) in [6, 6.07) is 7.00. The molecule has 0 aliphatic carbocycles. The van der Waals surface area contributed by atoms with E-state index in [1.54, 1.807) is 20.8 Å². The number of carbonyl (C=O) groups excluding carboxylic acids is 2. The number of fused-ring (bicyclic) bond motifs is 1. The lowest BCUT2D eigenvalue weighted by Crippen LogP contribution is -2.58. The minimum Gasteiger partial charge on any atom is -0.349 e. The molecule has 0 aromatic heterocycles. The highest BCUT2D eigenvalue weighted by atomic mass is 19.1. The smallest absolute Gasteiger partial charge is 0.248 e. The van der Waals surface area contributed by atoms with Crippen molar-refractivity contribution < 1.29 is 14.0 Å². The second-order valence-electron chi connectivity index (χ2n) is 7.85. The van der Waals surface area contributed by atoms with Crippen LogP contribution < -0.4 is 16.0 Å². The predicted molar refractivity (Wildman–Crippen MR) is 107 cm³/mol. The van der Waals surface area contributed by atoms with Crippen LogP contribution in [0.3, 0.4) is 0 Å². The Kier molecular flexibility index (Phi) is 6.19. The lowest BCUT2D eigenvalue weighted by molar-refractivity contribution is -0.127. The Morgan fingerprint density at radius 3 is 2.70 bits per heavy atom. The van der Waals surface area contributed by atoms with Gasteiger partial charge >= 0.3 is 0 Å². The quantitative estimate of drug-likeness (QED) is 0.701. The van der Waals surface area contributed by atoms with E-state index in [-0.39, 0.29) is 29.0 Å². The first-order valence-corrected chi connectivity index (χ1v) is 9.93. The topological polar surface area (TPSA) is 118 Å². The Bertz CT molecular complexity index is 990. The average molecular weight is 409 g/mol. The summed E-state index contributed by atoms with van der Waals surface area (Å²) in [6.07, 6.45) is 0.717. The molecule has 2 aliphatic heterocycles. The summed E-state index contributed by atoms with van der Waals surface area (Å²) in [5, 5.41) is 27.2. The van der Waals surface area contributed by atoms with Gasteiger partial charge in [-0.3, -0.25) is 9.59 Å². The van der Waals surface area contributed by atoms with Crippen molar-refractivity contribution in [2.45, 2.75) is 45.3 Å². The minimum absolute atomic E-state index is 0.130. The number of halogens is 1. The average Bonchev–Trinajstić information content (AvgIpc) is 2.72. The van der Waals surface area contributed by atoms with Gasteiger partial charge in [-0.1, -0.05) is 11.6 Å². The van der Waals surface area contributed by atoms with Crippen LogP contribution >= 0.6 is 0 Å². The third-order valence-corrected chi connectivity index (χ3v) is 6.02. The molecule has 3 unspecified atom stereocenters. The summed E-state index contributed by atoms with van der Waals surface area (Å²) in [6.45, 7) is 5.72. The molecule has 0 bridgehead atoms. The lowest BCUT2D eigenvalue weighted by Gasteiger charge is -2.41. The molecule has 3 rings (SSSR count). The van der Waals surface area contributed by atoms with Crippen molar-refractivity contribution in [1.29, 1.82) is 10.5 Å². The van der Waals surface area contributed by atoms with Gasteiger partial charge in [0.1, 0.15) is 11.9 Å². The van der Waals surface area contributed by atoms with Crippen molar-refractivity contribution in [3.05, 3.63) is 46.3 Å². The van der Waals surface area contributed by atoms with E-state index in [1.165, 1.54) is 12.1 Å². The molecule has 1 fully saturated rings. The van der Waals surface area contributed by atoms with Gasteiger partial charge in [0, 0.05) is 23.1 Å². The van der Waals surface area contributed by atoms with E-state index in [0.29, 0.717) is 12.1 Å². The molecule has 0 spiro atoms. The van der Waals surface area contributed by atoms with E-state index in [9.17, 15) is 19.2 Å². The fourth-order valence-electron chi connectivity index (χ4n) is 4.41. The van der Waals surface area contributed by atoms with Gasteiger partial charge in [-0.05, 0) is 45.9 Å². The number of nitrogens with one attached hydrogen (secondary N) is 3. The third kappa shape index (κ3) is 3.92. The first-order chi connectivity index (χ1) is 14.3. The molecule has 1 aromatic rings. The van der Waals surface area contributed by atoms with Crippen molar-refractivity contribution in [3.8, 4) is 12.1 Å². The Morgan fingerprint density at radius 2 is 2.07 bits per heavy atom. The zero-order valence-corrected chi connectivity index (χ0v) is 17.1. The van der Waals surface area contributed by atoms with Crippen molar-refractivity contribution in [1.82, 2.24) is 16.0 Å². The van der Waals surface area contributed by atoms with Gasteiger partial charge in [0.15, 0.2) is 0 Å². The Balaban J connectivity index is 1.82. The molecule has 8 heteroatoms. The van der Waals surface area contributed by atoms with E-state index in [4.69, 9.17) is 5.26 Å². The Hall–Kier alpha value is -3.23. The van der Waals surface area contributed by atoms with Crippen LogP contribution in [0.5, 0.6) is 0 Å². The maximum atomic E-state index is 14.3. The lowest BCUT2D eigenvalue weighted by atomic mass is 9.74. The molecule has 2 aliphatic rings. The third-order valence-electron chi connectivity index (χ3n) is 6.02. The first-order valence-electron chi connectivity index (χ1n) is 9.93. The highest BCUT2D eigenvalue weighted by Gasteiger charge is 2.42. The van der Waals surface area contributed by atoms with Crippen LogP contribution in [0.15, 0.2) is 29.3 Å². The number of nitriles is 2. The molecule has 1 saturated heterocycles. The van der Waals surface area contributed by atoms with Crippen molar-refractivity contribution in [2.75, 3.05) is 6.54 Å². The van der Waals surface area contributed by atoms with Crippen LogP contribution in [0.1, 0.15) is 44.4 Å². The molecular weight excluding hydrogens is 385 g/mol. The SMILES string of the molecule is CC1=C([C@H](C)C(=O)N[C@H](C)c2ccc(C#N)cc2F)C(=O)NC2CCNC(C#N)C12. The maximum absolute atomic E-state index is 14.3. The van der Waals surface area contributed by atoms with Crippen LogP contribution in [-0.4, -0.2) is 30.4 Å². The number of hydrogen-bond donors (Lipinski definition) is 3. The van der Waals surface area contributed by atoms with Crippen LogP contribution in [0.4, 0.5) is 4.39 Å². The molecule has 30 heavy (non-hydrogen) atoms. The van der Waals surface area contributed by atoms with Gasteiger partial charge in [-0.25, -0.2) is 4.39 Å². The zero-order chi connectivity index (χ0) is 22.0. The van der Waals surface area contributed by atoms with Gasteiger partial charge in [0.2, 0.25) is 11.8 Å². The molecular formula is C22H24FN5O2. The summed E-state index contributed by atoms with van der Waals surface area (Å²) in [7, 11) is 0. The summed E-state index contributed by atoms with van der Waals surface area (Å²) in [5.74, 6) is -2.25. The van der Waals surface area contributed by atoms with Crippen molar-refractivity contribution in [3.63, 3.8) is 0 Å². The van der Waals surface area contributed by atoms with Gasteiger partial charge in [-0.2, -0.15) is 10.5 Å². The van der Waals surface area contributed by atoms with Gasteiger partial charge in [0.25, 0.3) is 0 Å². The van der Waals surface area contributed by atoms with E-state index in [2.05, 4.69) is 22.0 Å². The Morgan fingerprint density at radius 1 is 1.33 bits per heavy atom. The summed E-state index contributed by atoms with van der Waals surface area (Å²) >= 11 is 0. The van der Waals surface area contributed by atoms with Crippen LogP contribution in [0.2, 0.25) is 0 Å². The fourth-order valence-corrected chi connectivity index (χ4v) is 4.41. The van der Waals surface area contributed by atoms with Crippen LogP contribution in [0, 0.1) is 40.3 Å². The second kappa shape index (κ2) is 8.64. The minimum atomic E-state index is -0.767. The summed E-state index contributed by atoms with van der Waals surface area (Å²) in [4.78, 5) is 25.6. The summed E-state index contributed by atoms with van der Waals surface area (Å²) in [5.41, 5.74) is 1.55. The highest BCUT2D eigenvalue weighted by molar-refractivity contribution is 6.01. The zero-order valence-electron chi connectivity index (χ0n) is 17.1. The van der Waals surface area contributed by atoms with Crippen LogP contribution in [-0.2, 0) is 9.59 Å². The number of rotatable bonds is 4. The number of hydrogen-bond acceptors (Lipinski definition) is 5. The number of amides is 2. The number of carbonyl (C=O) groups is 2. The van der Waals surface area contributed by atoms with Crippen molar-refractivity contribution in [2.24, 2.45) is 11.8 Å².